The summed E-state index contributed by atoms with van der Waals surface area (Å²) in [5.41, 5.74) is 1.13. The molecule has 0 atom stereocenters. The summed E-state index contributed by atoms with van der Waals surface area (Å²) in [6.45, 7) is 2.03. The number of nitrogens with zero attached hydrogens (tertiary/aromatic N) is 6. The number of hydrogen-bond donors (Lipinski definition) is 2. The second-order valence-corrected chi connectivity index (χ2v) is 8.92. The Bertz CT molecular complexity index is 1370. The Morgan fingerprint density at radius 1 is 1.03 bits per heavy atom. The summed E-state index contributed by atoms with van der Waals surface area (Å²) in [6, 6.07) is 12.1. The number of carbonyl (C=O) groups is 1. The number of urea groups is 1. The zero-order chi connectivity index (χ0) is 25.3. The molecule has 0 radical (unpaired) electrons. The average Bonchev–Trinajstić information content (AvgIpc) is 3.32. The maximum Gasteiger partial charge on any atom is 0.416 e. The molecule has 0 spiro atoms. The molecule has 186 valence electrons. The first-order valence-electron chi connectivity index (χ1n) is 11.2. The molecule has 36 heavy (non-hydrogen) atoms. The van der Waals surface area contributed by atoms with Gasteiger partial charge in [0, 0.05) is 30.7 Å². The number of thiol groups is 1. The maximum absolute atomic E-state index is 12.9. The van der Waals surface area contributed by atoms with Crippen molar-refractivity contribution in [2.75, 3.05) is 24.7 Å². The summed E-state index contributed by atoms with van der Waals surface area (Å²) in [5, 5.41) is 8.00. The molecule has 1 fully saturated rings. The highest BCUT2D eigenvalue weighted by atomic mass is 32.1. The van der Waals surface area contributed by atoms with Gasteiger partial charge in [0.25, 0.3) is 0 Å². The number of benzene rings is 2. The molecular weight excluding hydrogens is 491 g/mol. The van der Waals surface area contributed by atoms with E-state index < -0.39 is 11.7 Å². The molecule has 5 rings (SSSR count). The van der Waals surface area contributed by atoms with E-state index in [0.717, 1.165) is 29.0 Å². The van der Waals surface area contributed by atoms with Crippen molar-refractivity contribution >= 4 is 35.5 Å². The molecule has 12 heteroatoms. The van der Waals surface area contributed by atoms with E-state index in [2.05, 4.69) is 33.0 Å². The van der Waals surface area contributed by atoms with Crippen LogP contribution in [0.1, 0.15) is 17.5 Å². The number of aromatic nitrogens is 4. The van der Waals surface area contributed by atoms with Crippen LogP contribution in [0.25, 0.3) is 16.7 Å². The second kappa shape index (κ2) is 9.69. The van der Waals surface area contributed by atoms with Gasteiger partial charge in [0.1, 0.15) is 12.1 Å². The van der Waals surface area contributed by atoms with Crippen molar-refractivity contribution in [3.05, 3.63) is 72.2 Å². The second-order valence-electron chi connectivity index (χ2n) is 8.40. The lowest BCUT2D eigenvalue weighted by Gasteiger charge is -2.36. The highest BCUT2D eigenvalue weighted by Gasteiger charge is 2.30. The van der Waals surface area contributed by atoms with Gasteiger partial charge in [-0.2, -0.15) is 13.2 Å². The van der Waals surface area contributed by atoms with Gasteiger partial charge in [0.05, 0.1) is 23.3 Å². The first-order chi connectivity index (χ1) is 17.3. The first kappa shape index (κ1) is 23.9. The number of rotatable bonds is 4. The SMILES string of the molecule is O=C(NCc1ccc(S)cc1)N1CCCN(c2ncnc3nn(-c4ccc(C(F)(F)F)cc4)cc23)C1. The Hall–Kier alpha value is -3.80. The Balaban J connectivity index is 1.32. The fraction of sp³-hybridized carbons (Fsp3) is 0.250. The zero-order valence-electron chi connectivity index (χ0n) is 19.0. The molecule has 3 heterocycles. The van der Waals surface area contributed by atoms with Crippen molar-refractivity contribution in [2.24, 2.45) is 0 Å². The van der Waals surface area contributed by atoms with Gasteiger partial charge < -0.3 is 15.1 Å². The topological polar surface area (TPSA) is 79.2 Å². The number of halogens is 3. The number of anilines is 1. The van der Waals surface area contributed by atoms with E-state index >= 15 is 0 Å². The van der Waals surface area contributed by atoms with E-state index in [1.165, 1.54) is 23.1 Å². The number of carbonyl (C=O) groups excluding carboxylic acids is 1. The average molecular weight is 514 g/mol. The van der Waals surface area contributed by atoms with Gasteiger partial charge in [-0.05, 0) is 48.4 Å². The quantitative estimate of drug-likeness (QED) is 0.393. The molecule has 2 aromatic carbocycles. The maximum atomic E-state index is 12.9. The third-order valence-corrected chi connectivity index (χ3v) is 6.22. The van der Waals surface area contributed by atoms with Gasteiger partial charge in [0.2, 0.25) is 0 Å². The van der Waals surface area contributed by atoms with Crippen LogP contribution in [0, 0.1) is 0 Å². The summed E-state index contributed by atoms with van der Waals surface area (Å²) < 4.78 is 40.2. The van der Waals surface area contributed by atoms with Crippen LogP contribution in [0.15, 0.2) is 66.0 Å². The van der Waals surface area contributed by atoms with E-state index in [0.29, 0.717) is 48.8 Å². The third kappa shape index (κ3) is 5.08. The highest BCUT2D eigenvalue weighted by Crippen LogP contribution is 2.30. The summed E-state index contributed by atoms with van der Waals surface area (Å²) in [6.07, 6.45) is -0.570. The molecule has 0 aliphatic carbocycles. The van der Waals surface area contributed by atoms with Gasteiger partial charge in [-0.25, -0.2) is 19.4 Å². The summed E-state index contributed by atoms with van der Waals surface area (Å²) in [7, 11) is 0. The lowest BCUT2D eigenvalue weighted by atomic mass is 10.2. The van der Waals surface area contributed by atoms with Crippen LogP contribution in [0.2, 0.25) is 0 Å². The van der Waals surface area contributed by atoms with Crippen molar-refractivity contribution in [3.63, 3.8) is 0 Å². The van der Waals surface area contributed by atoms with Crippen LogP contribution in [0.3, 0.4) is 0 Å². The number of fused-ring (bicyclic) bond motifs is 1. The Labute approximate surface area is 210 Å². The number of hydrogen-bond acceptors (Lipinski definition) is 6. The van der Waals surface area contributed by atoms with E-state index in [-0.39, 0.29) is 6.03 Å². The number of nitrogens with one attached hydrogen (secondary N) is 1. The van der Waals surface area contributed by atoms with E-state index in [9.17, 15) is 18.0 Å². The van der Waals surface area contributed by atoms with Crippen LogP contribution in [-0.2, 0) is 12.7 Å². The van der Waals surface area contributed by atoms with E-state index in [4.69, 9.17) is 0 Å². The van der Waals surface area contributed by atoms with Gasteiger partial charge in [-0.3, -0.25) is 0 Å². The highest BCUT2D eigenvalue weighted by molar-refractivity contribution is 7.80. The number of alkyl halides is 3. The van der Waals surface area contributed by atoms with Gasteiger partial charge in [-0.15, -0.1) is 17.7 Å². The summed E-state index contributed by atoms with van der Waals surface area (Å²) in [5.74, 6) is 0.611. The molecule has 2 amide bonds. The molecule has 8 nitrogen and oxygen atoms in total. The minimum Gasteiger partial charge on any atom is -0.338 e. The van der Waals surface area contributed by atoms with Crippen LogP contribution >= 0.6 is 12.6 Å². The van der Waals surface area contributed by atoms with Crippen LogP contribution in [0.4, 0.5) is 23.8 Å². The van der Waals surface area contributed by atoms with Gasteiger partial charge in [-0.1, -0.05) is 12.1 Å². The molecule has 0 saturated carbocycles. The zero-order valence-corrected chi connectivity index (χ0v) is 19.9. The fourth-order valence-corrected chi connectivity index (χ4v) is 4.20. The lowest BCUT2D eigenvalue weighted by Crippen LogP contribution is -2.51. The fourth-order valence-electron chi connectivity index (χ4n) is 4.05. The van der Waals surface area contributed by atoms with Crippen LogP contribution in [0.5, 0.6) is 0 Å². The van der Waals surface area contributed by atoms with Crippen molar-refractivity contribution in [2.45, 2.75) is 24.0 Å². The van der Waals surface area contributed by atoms with Crippen molar-refractivity contribution in [1.29, 1.82) is 0 Å². The minimum absolute atomic E-state index is 0.180. The molecule has 1 saturated heterocycles. The molecule has 0 bridgehead atoms. The van der Waals surface area contributed by atoms with E-state index in [1.54, 1.807) is 11.1 Å². The van der Waals surface area contributed by atoms with Gasteiger partial charge in [0.15, 0.2) is 5.65 Å². The Kier molecular flexibility index (Phi) is 6.44. The Morgan fingerprint density at radius 3 is 2.50 bits per heavy atom. The normalized spacial score (nSPS) is 14.3. The first-order valence-corrected chi connectivity index (χ1v) is 11.7. The monoisotopic (exact) mass is 513 g/mol. The molecule has 1 aliphatic rings. The van der Waals surface area contributed by atoms with Crippen molar-refractivity contribution < 1.29 is 18.0 Å². The lowest BCUT2D eigenvalue weighted by molar-refractivity contribution is -0.137. The number of amides is 2. The molecule has 1 N–H and O–H groups in total. The van der Waals surface area contributed by atoms with E-state index in [1.807, 2.05) is 29.2 Å². The van der Waals surface area contributed by atoms with Crippen molar-refractivity contribution in [3.8, 4) is 5.69 Å². The van der Waals surface area contributed by atoms with Crippen LogP contribution < -0.4 is 10.2 Å². The van der Waals surface area contributed by atoms with Gasteiger partial charge >= 0.3 is 12.2 Å². The standard InChI is InChI=1S/C24H22F3N7OS/c25-24(26,27)17-4-6-18(7-5-17)34-13-20-21(31-34)29-14-30-22(20)32-10-1-11-33(15-32)23(35)28-12-16-2-8-19(36)9-3-16/h2-9,13-14,36H,1,10-12,15H2,(H,28,35). The molecule has 1 aliphatic heterocycles. The molecule has 2 aromatic heterocycles. The molecule has 0 unspecified atom stereocenters. The van der Waals surface area contributed by atoms with Crippen molar-refractivity contribution in [1.82, 2.24) is 30.0 Å². The summed E-state index contributed by atoms with van der Waals surface area (Å²) >= 11 is 4.27. The summed E-state index contributed by atoms with van der Waals surface area (Å²) in [4.78, 5) is 26.0. The molecular formula is C24H22F3N7OS. The Morgan fingerprint density at radius 2 is 1.78 bits per heavy atom. The third-order valence-electron chi connectivity index (χ3n) is 5.92. The predicted octanol–water partition coefficient (Wildman–Crippen LogP) is 4.50. The smallest absolute Gasteiger partial charge is 0.338 e. The largest absolute Gasteiger partial charge is 0.416 e. The minimum atomic E-state index is -4.41. The predicted molar refractivity (Wildman–Crippen MR) is 131 cm³/mol. The molecule has 4 aromatic rings. The van der Waals surface area contributed by atoms with Crippen LogP contribution in [-0.4, -0.2) is 50.4 Å².